The van der Waals surface area contributed by atoms with E-state index in [1.807, 2.05) is 0 Å². The van der Waals surface area contributed by atoms with Gasteiger partial charge in [0.05, 0.1) is 10.7 Å². The van der Waals surface area contributed by atoms with Crippen LogP contribution in [0.4, 0.5) is 5.69 Å². The lowest BCUT2D eigenvalue weighted by atomic mass is 10.1. The first kappa shape index (κ1) is 18.4. The maximum Gasteiger partial charge on any atom is 0.342 e. The van der Waals surface area contributed by atoms with Crippen molar-refractivity contribution in [2.75, 3.05) is 5.32 Å². The van der Waals surface area contributed by atoms with Crippen LogP contribution in [0.15, 0.2) is 22.6 Å². The molecule has 1 N–H and O–H groups in total. The van der Waals surface area contributed by atoms with E-state index < -0.39 is 18.0 Å². The molecule has 0 spiro atoms. The van der Waals surface area contributed by atoms with Gasteiger partial charge in [-0.2, -0.15) is 0 Å². The van der Waals surface area contributed by atoms with E-state index in [1.54, 1.807) is 32.9 Å². The van der Waals surface area contributed by atoms with E-state index >= 15 is 0 Å². The normalized spacial score (nSPS) is 11.9. The van der Waals surface area contributed by atoms with E-state index in [0.29, 0.717) is 38.4 Å². The summed E-state index contributed by atoms with van der Waals surface area (Å²) in [5.74, 6) is -0.0208. The molecule has 1 unspecified atom stereocenters. The maximum atomic E-state index is 12.3. The summed E-state index contributed by atoms with van der Waals surface area (Å²) in [5, 5.41) is 3.35. The number of ether oxygens (including phenoxy) is 1. The van der Waals surface area contributed by atoms with E-state index in [0.717, 1.165) is 0 Å². The lowest BCUT2D eigenvalue weighted by molar-refractivity contribution is -0.123. The largest absolute Gasteiger partial charge is 0.465 e. The van der Waals surface area contributed by atoms with Crippen LogP contribution >= 0.6 is 23.2 Å². The van der Waals surface area contributed by atoms with Crippen LogP contribution in [-0.4, -0.2) is 18.0 Å². The van der Waals surface area contributed by atoms with Crippen LogP contribution < -0.4 is 5.32 Å². The van der Waals surface area contributed by atoms with Gasteiger partial charge in [0, 0.05) is 10.6 Å². The second-order valence-electron chi connectivity index (χ2n) is 5.38. The maximum absolute atomic E-state index is 12.3. The smallest absolute Gasteiger partial charge is 0.342 e. The van der Waals surface area contributed by atoms with Gasteiger partial charge in [-0.15, -0.1) is 0 Å². The number of rotatable bonds is 4. The Balaban J connectivity index is 2.08. The minimum absolute atomic E-state index is 0.337. The molecule has 0 saturated carbocycles. The van der Waals surface area contributed by atoms with E-state index in [4.69, 9.17) is 32.4 Å². The van der Waals surface area contributed by atoms with Crippen molar-refractivity contribution in [3.05, 3.63) is 50.9 Å². The molecule has 128 valence electrons. The van der Waals surface area contributed by atoms with E-state index in [9.17, 15) is 9.59 Å². The molecule has 1 heterocycles. The Bertz CT molecular complexity index is 798. The third kappa shape index (κ3) is 3.91. The number of furan rings is 1. The van der Waals surface area contributed by atoms with Crippen LogP contribution in [0.3, 0.4) is 0 Å². The second-order valence-corrected chi connectivity index (χ2v) is 6.22. The number of benzene rings is 1. The van der Waals surface area contributed by atoms with E-state index in [2.05, 4.69) is 5.32 Å². The minimum Gasteiger partial charge on any atom is -0.465 e. The number of halogens is 2. The van der Waals surface area contributed by atoms with Crippen molar-refractivity contribution >= 4 is 40.8 Å². The molecule has 0 bridgehead atoms. The fraction of sp³-hybridized carbons (Fsp3) is 0.294. The Morgan fingerprint density at radius 3 is 2.42 bits per heavy atom. The van der Waals surface area contributed by atoms with Gasteiger partial charge < -0.3 is 14.5 Å². The number of anilines is 1. The Hall–Kier alpha value is -1.98. The van der Waals surface area contributed by atoms with E-state index in [1.165, 1.54) is 13.0 Å². The molecule has 1 aromatic carbocycles. The molecule has 0 saturated heterocycles. The van der Waals surface area contributed by atoms with Crippen LogP contribution in [0.1, 0.15) is 34.4 Å². The molecule has 24 heavy (non-hydrogen) atoms. The monoisotopic (exact) mass is 369 g/mol. The highest BCUT2D eigenvalue weighted by Gasteiger charge is 2.25. The first-order valence-corrected chi connectivity index (χ1v) is 7.99. The highest BCUT2D eigenvalue weighted by molar-refractivity contribution is 6.35. The Labute approximate surface area is 149 Å². The van der Waals surface area contributed by atoms with Crippen molar-refractivity contribution in [2.45, 2.75) is 33.8 Å². The summed E-state index contributed by atoms with van der Waals surface area (Å²) in [4.78, 5) is 24.5. The second kappa shape index (κ2) is 7.28. The summed E-state index contributed by atoms with van der Waals surface area (Å²) >= 11 is 11.9. The molecule has 2 aromatic rings. The van der Waals surface area contributed by atoms with Crippen molar-refractivity contribution in [2.24, 2.45) is 0 Å². The van der Waals surface area contributed by atoms with Gasteiger partial charge in [0.1, 0.15) is 17.1 Å². The van der Waals surface area contributed by atoms with Gasteiger partial charge in [0.15, 0.2) is 6.10 Å². The number of hydrogen-bond donors (Lipinski definition) is 1. The molecule has 2 rings (SSSR count). The third-order valence-electron chi connectivity index (χ3n) is 3.60. The average Bonchev–Trinajstić information content (AvgIpc) is 2.75. The van der Waals surface area contributed by atoms with Crippen LogP contribution in [0.25, 0.3) is 0 Å². The minimum atomic E-state index is -1.01. The zero-order valence-corrected chi connectivity index (χ0v) is 15.2. The highest BCUT2D eigenvalue weighted by Crippen LogP contribution is 2.26. The number of esters is 1. The fourth-order valence-corrected chi connectivity index (χ4v) is 2.53. The topological polar surface area (TPSA) is 68.5 Å². The lowest BCUT2D eigenvalue weighted by Gasteiger charge is -2.14. The molecule has 0 radical (unpaired) electrons. The van der Waals surface area contributed by atoms with Crippen molar-refractivity contribution in [3.63, 3.8) is 0 Å². The van der Waals surface area contributed by atoms with Gasteiger partial charge in [-0.25, -0.2) is 4.79 Å². The Morgan fingerprint density at radius 1 is 1.17 bits per heavy atom. The van der Waals surface area contributed by atoms with Crippen molar-refractivity contribution in [1.82, 2.24) is 0 Å². The van der Waals surface area contributed by atoms with Crippen LogP contribution in [0, 0.1) is 20.8 Å². The average molecular weight is 370 g/mol. The first-order chi connectivity index (χ1) is 11.2. The molecular formula is C17H17Cl2NO4. The van der Waals surface area contributed by atoms with Crippen molar-refractivity contribution in [1.29, 1.82) is 0 Å². The molecule has 5 nitrogen and oxygen atoms in total. The van der Waals surface area contributed by atoms with Crippen molar-refractivity contribution in [3.8, 4) is 0 Å². The molecule has 1 amide bonds. The zero-order valence-electron chi connectivity index (χ0n) is 13.7. The third-order valence-corrected chi connectivity index (χ3v) is 4.17. The van der Waals surface area contributed by atoms with Crippen LogP contribution in [0.5, 0.6) is 0 Å². The SMILES string of the molecule is Cc1oc(C)c(C(=O)OC(C)C(=O)Nc2cc(Cl)ccc2Cl)c1C. The Kier molecular flexibility index (Phi) is 5.57. The number of hydrogen-bond acceptors (Lipinski definition) is 4. The number of aryl methyl sites for hydroxylation is 2. The quantitative estimate of drug-likeness (QED) is 0.793. The van der Waals surface area contributed by atoms with Gasteiger partial charge >= 0.3 is 5.97 Å². The molecule has 1 aromatic heterocycles. The summed E-state index contributed by atoms with van der Waals surface area (Å²) in [6.45, 7) is 6.67. The molecule has 7 heteroatoms. The number of nitrogens with one attached hydrogen (secondary N) is 1. The number of carbonyl (C=O) groups excluding carboxylic acids is 2. The highest BCUT2D eigenvalue weighted by atomic mass is 35.5. The van der Waals surface area contributed by atoms with Gasteiger partial charge in [-0.1, -0.05) is 23.2 Å². The van der Waals surface area contributed by atoms with Gasteiger partial charge in [-0.05, 0) is 45.9 Å². The number of carbonyl (C=O) groups is 2. The van der Waals surface area contributed by atoms with Crippen LogP contribution in [0.2, 0.25) is 10.0 Å². The number of amides is 1. The summed E-state index contributed by atoms with van der Waals surface area (Å²) in [7, 11) is 0. The zero-order chi connectivity index (χ0) is 18.0. The molecule has 0 aliphatic heterocycles. The van der Waals surface area contributed by atoms with Gasteiger partial charge in [-0.3, -0.25) is 4.79 Å². The molecule has 1 atom stereocenters. The van der Waals surface area contributed by atoms with E-state index in [-0.39, 0.29) is 0 Å². The predicted molar refractivity (Wildman–Crippen MR) is 92.9 cm³/mol. The van der Waals surface area contributed by atoms with Gasteiger partial charge in [0.2, 0.25) is 0 Å². The van der Waals surface area contributed by atoms with Crippen molar-refractivity contribution < 1.29 is 18.7 Å². The molecule has 0 aliphatic rings. The predicted octanol–water partition coefficient (Wildman–Crippen LogP) is 4.70. The summed E-state index contributed by atoms with van der Waals surface area (Å²) in [5.41, 5.74) is 1.39. The lowest BCUT2D eigenvalue weighted by Crippen LogP contribution is -2.30. The Morgan fingerprint density at radius 2 is 1.83 bits per heavy atom. The summed E-state index contributed by atoms with van der Waals surface area (Å²) < 4.78 is 10.6. The summed E-state index contributed by atoms with van der Waals surface area (Å²) in [6.07, 6.45) is -1.01. The standard InChI is InChI=1S/C17H17Cl2NO4/c1-8-9(2)23-10(3)15(8)17(22)24-11(4)16(21)20-14-7-12(18)5-6-13(14)19/h5-7,11H,1-4H3,(H,20,21). The van der Waals surface area contributed by atoms with Crippen LogP contribution in [-0.2, 0) is 9.53 Å². The summed E-state index contributed by atoms with van der Waals surface area (Å²) in [6, 6.07) is 4.69. The first-order valence-electron chi connectivity index (χ1n) is 7.24. The molecule has 0 aliphatic carbocycles. The fourth-order valence-electron chi connectivity index (χ4n) is 2.19. The molecule has 0 fully saturated rings. The van der Waals surface area contributed by atoms with Gasteiger partial charge in [0.25, 0.3) is 5.91 Å². The molecular weight excluding hydrogens is 353 g/mol.